The Bertz CT molecular complexity index is 580. The molecule has 18 heavy (non-hydrogen) atoms. The van der Waals surface area contributed by atoms with Crippen LogP contribution < -0.4 is 0 Å². The highest BCUT2D eigenvalue weighted by Gasteiger charge is 2.18. The summed E-state index contributed by atoms with van der Waals surface area (Å²) in [4.78, 5) is 12.5. The topological polar surface area (TPSA) is 34.9 Å². The van der Waals surface area contributed by atoms with E-state index in [0.29, 0.717) is 11.3 Å². The highest BCUT2D eigenvalue weighted by Crippen LogP contribution is 2.21. The van der Waals surface area contributed by atoms with Gasteiger partial charge in [-0.1, -0.05) is 19.1 Å². The lowest BCUT2D eigenvalue weighted by molar-refractivity contribution is 0.102. The Hall–Kier alpha value is -0.690. The van der Waals surface area contributed by atoms with Crippen molar-refractivity contribution in [2.75, 3.05) is 0 Å². The number of carbonyl (C=O) groups excluding carboxylic acids is 1. The molecule has 0 saturated carbocycles. The van der Waals surface area contributed by atoms with Gasteiger partial charge in [-0.15, -0.1) is 0 Å². The summed E-state index contributed by atoms with van der Waals surface area (Å²) in [6.45, 7) is 2.81. The van der Waals surface area contributed by atoms with E-state index in [1.165, 1.54) is 0 Å². The molecule has 0 saturated heterocycles. The molecular weight excluding hydrogens is 407 g/mol. The van der Waals surface area contributed by atoms with Gasteiger partial charge < -0.3 is 0 Å². The number of carbonyl (C=O) groups is 1. The zero-order valence-corrected chi connectivity index (χ0v) is 13.6. The number of ketones is 1. The summed E-state index contributed by atoms with van der Waals surface area (Å²) >= 11 is 5.60. The van der Waals surface area contributed by atoms with Gasteiger partial charge in [0.25, 0.3) is 0 Å². The average Bonchev–Trinajstić information content (AvgIpc) is 2.70. The maximum absolute atomic E-state index is 12.5. The zero-order valence-electron chi connectivity index (χ0n) is 9.86. The minimum atomic E-state index is 0.00587. The maximum atomic E-state index is 12.5. The lowest BCUT2D eigenvalue weighted by Crippen LogP contribution is -2.12. The molecule has 0 aliphatic rings. The van der Waals surface area contributed by atoms with Gasteiger partial charge in [0.1, 0.15) is 5.69 Å². The molecule has 0 atom stereocenters. The first-order chi connectivity index (χ1) is 8.63. The SMILES string of the molecule is CCCn1ncc(Br)c1C(=O)c1cccc(I)c1. The quantitative estimate of drug-likeness (QED) is 0.557. The molecule has 5 heteroatoms. The predicted molar refractivity (Wildman–Crippen MR) is 82.8 cm³/mol. The number of benzene rings is 1. The number of hydrogen-bond donors (Lipinski definition) is 0. The monoisotopic (exact) mass is 418 g/mol. The molecule has 0 aliphatic heterocycles. The fourth-order valence-corrected chi connectivity index (χ4v) is 2.76. The van der Waals surface area contributed by atoms with Crippen LogP contribution in [0.25, 0.3) is 0 Å². The Balaban J connectivity index is 2.42. The number of aryl methyl sites for hydroxylation is 1. The summed E-state index contributed by atoms with van der Waals surface area (Å²) in [6.07, 6.45) is 2.62. The van der Waals surface area contributed by atoms with Gasteiger partial charge in [0.2, 0.25) is 5.78 Å². The lowest BCUT2D eigenvalue weighted by Gasteiger charge is -2.06. The van der Waals surface area contributed by atoms with Crippen molar-refractivity contribution in [1.82, 2.24) is 9.78 Å². The molecule has 1 aromatic carbocycles. The predicted octanol–water partition coefficient (Wildman–Crippen LogP) is 3.89. The van der Waals surface area contributed by atoms with Crippen molar-refractivity contribution in [3.8, 4) is 0 Å². The molecule has 1 aromatic heterocycles. The summed E-state index contributed by atoms with van der Waals surface area (Å²) < 4.78 is 3.56. The summed E-state index contributed by atoms with van der Waals surface area (Å²) in [5.74, 6) is 0.00587. The van der Waals surface area contributed by atoms with Crippen LogP contribution in [-0.2, 0) is 6.54 Å². The van der Waals surface area contributed by atoms with Crippen LogP contribution in [0.1, 0.15) is 29.4 Å². The van der Waals surface area contributed by atoms with E-state index in [4.69, 9.17) is 0 Å². The standard InChI is InChI=1S/C13H12BrIN2O/c1-2-6-17-12(11(14)8-16-17)13(18)9-4-3-5-10(15)7-9/h3-5,7-8H,2,6H2,1H3. The average molecular weight is 419 g/mol. The number of aromatic nitrogens is 2. The van der Waals surface area contributed by atoms with E-state index in [-0.39, 0.29) is 5.78 Å². The molecule has 0 aliphatic carbocycles. The molecule has 0 bridgehead atoms. The molecule has 0 amide bonds. The van der Waals surface area contributed by atoms with E-state index in [2.05, 4.69) is 50.5 Å². The normalized spacial score (nSPS) is 10.6. The van der Waals surface area contributed by atoms with Gasteiger partial charge in [0.15, 0.2) is 0 Å². The van der Waals surface area contributed by atoms with Crippen LogP contribution in [0.3, 0.4) is 0 Å². The summed E-state index contributed by atoms with van der Waals surface area (Å²) in [6, 6.07) is 7.58. The van der Waals surface area contributed by atoms with Gasteiger partial charge in [0, 0.05) is 15.7 Å². The first kappa shape index (κ1) is 13.7. The van der Waals surface area contributed by atoms with Crippen LogP contribution in [0, 0.1) is 3.57 Å². The fraction of sp³-hybridized carbons (Fsp3) is 0.231. The van der Waals surface area contributed by atoms with E-state index in [0.717, 1.165) is 21.0 Å². The highest BCUT2D eigenvalue weighted by molar-refractivity contribution is 14.1. The molecule has 0 radical (unpaired) electrons. The van der Waals surface area contributed by atoms with Gasteiger partial charge in [-0.25, -0.2) is 0 Å². The molecule has 0 spiro atoms. The van der Waals surface area contributed by atoms with Crippen LogP contribution in [0.15, 0.2) is 34.9 Å². The number of halogens is 2. The molecule has 0 N–H and O–H groups in total. The van der Waals surface area contributed by atoms with E-state index < -0.39 is 0 Å². The van der Waals surface area contributed by atoms with E-state index in [1.54, 1.807) is 10.9 Å². The molecule has 2 aromatic rings. The van der Waals surface area contributed by atoms with Crippen molar-refractivity contribution in [3.05, 3.63) is 49.8 Å². The van der Waals surface area contributed by atoms with Crippen LogP contribution in [0.4, 0.5) is 0 Å². The third kappa shape index (κ3) is 2.83. The summed E-state index contributed by atoms with van der Waals surface area (Å²) in [5, 5.41) is 4.22. The third-order valence-corrected chi connectivity index (χ3v) is 3.78. The van der Waals surface area contributed by atoms with Crippen molar-refractivity contribution in [1.29, 1.82) is 0 Å². The Labute approximate surface area is 128 Å². The van der Waals surface area contributed by atoms with Crippen molar-refractivity contribution in [2.45, 2.75) is 19.9 Å². The summed E-state index contributed by atoms with van der Waals surface area (Å²) in [5.41, 5.74) is 1.32. The third-order valence-electron chi connectivity index (χ3n) is 2.53. The molecule has 0 fully saturated rings. The first-order valence-corrected chi connectivity index (χ1v) is 7.52. The number of rotatable bonds is 4. The maximum Gasteiger partial charge on any atom is 0.212 e. The van der Waals surface area contributed by atoms with Crippen molar-refractivity contribution < 1.29 is 4.79 Å². The van der Waals surface area contributed by atoms with Gasteiger partial charge in [0.05, 0.1) is 10.7 Å². The molecular formula is C13H12BrIN2O. The summed E-state index contributed by atoms with van der Waals surface area (Å²) in [7, 11) is 0. The Morgan fingerprint density at radius 3 is 2.94 bits per heavy atom. The second-order valence-corrected chi connectivity index (χ2v) is 6.00. The number of hydrogen-bond acceptors (Lipinski definition) is 2. The molecule has 0 unspecified atom stereocenters. The zero-order chi connectivity index (χ0) is 13.1. The second-order valence-electron chi connectivity index (χ2n) is 3.90. The fourth-order valence-electron chi connectivity index (χ4n) is 1.74. The van der Waals surface area contributed by atoms with Crippen LogP contribution in [0.2, 0.25) is 0 Å². The number of nitrogens with zero attached hydrogens (tertiary/aromatic N) is 2. The van der Waals surface area contributed by atoms with Gasteiger partial charge >= 0.3 is 0 Å². The van der Waals surface area contributed by atoms with Crippen molar-refractivity contribution in [2.24, 2.45) is 0 Å². The lowest BCUT2D eigenvalue weighted by atomic mass is 10.1. The van der Waals surface area contributed by atoms with Crippen LogP contribution in [0.5, 0.6) is 0 Å². The largest absolute Gasteiger partial charge is 0.287 e. The van der Waals surface area contributed by atoms with Gasteiger partial charge in [-0.2, -0.15) is 5.10 Å². The van der Waals surface area contributed by atoms with E-state index in [1.807, 2.05) is 24.3 Å². The Kier molecular flexibility index (Phi) is 4.55. The van der Waals surface area contributed by atoms with Crippen LogP contribution in [-0.4, -0.2) is 15.6 Å². The Morgan fingerprint density at radius 1 is 1.50 bits per heavy atom. The van der Waals surface area contributed by atoms with Crippen LogP contribution >= 0.6 is 38.5 Å². The first-order valence-electron chi connectivity index (χ1n) is 5.65. The molecule has 1 heterocycles. The molecule has 3 nitrogen and oxygen atoms in total. The molecule has 94 valence electrons. The minimum absolute atomic E-state index is 0.00587. The van der Waals surface area contributed by atoms with Gasteiger partial charge in [-0.05, 0) is 57.1 Å². The van der Waals surface area contributed by atoms with Crippen molar-refractivity contribution >= 4 is 44.3 Å². The second kappa shape index (κ2) is 5.97. The van der Waals surface area contributed by atoms with E-state index in [9.17, 15) is 4.79 Å². The van der Waals surface area contributed by atoms with Gasteiger partial charge in [-0.3, -0.25) is 9.48 Å². The highest BCUT2D eigenvalue weighted by atomic mass is 127. The smallest absolute Gasteiger partial charge is 0.212 e. The van der Waals surface area contributed by atoms with E-state index >= 15 is 0 Å². The van der Waals surface area contributed by atoms with Crippen molar-refractivity contribution in [3.63, 3.8) is 0 Å². The Morgan fingerprint density at radius 2 is 2.28 bits per heavy atom. The molecule has 2 rings (SSSR count). The minimum Gasteiger partial charge on any atom is -0.287 e.